The molecule has 0 saturated heterocycles. The second kappa shape index (κ2) is 17.0. The molecule has 1 radical (unpaired) electrons. The Labute approximate surface area is 329 Å². The third-order valence-corrected chi connectivity index (χ3v) is 8.73. The summed E-state index contributed by atoms with van der Waals surface area (Å²) >= 11 is 35.5. The second-order valence-electron chi connectivity index (χ2n) is 10.3. The Morgan fingerprint density at radius 1 is 0.588 bits per heavy atom. The zero-order chi connectivity index (χ0) is 36.3. The summed E-state index contributed by atoms with van der Waals surface area (Å²) in [6.45, 7) is 3.35. The van der Waals surface area contributed by atoms with Crippen molar-refractivity contribution in [2.75, 3.05) is 0 Å². The van der Waals surface area contributed by atoms with Crippen LogP contribution in [0.4, 0.5) is 22.7 Å². The number of aromatic hydroxyl groups is 1. The predicted molar refractivity (Wildman–Crippen MR) is 195 cm³/mol. The minimum atomic E-state index is -0.436. The standard InChI is InChI=1S/2C16H11Cl3N4O2.Fe/c2*1-8-15(21-20-13-6-9(17)2-5-14(13)24)16(25)23(22-8)10-3-4-11(18)12(19)7-10;/h2*2-7,22,24H,1H3;/q;;+3/p-1. The summed E-state index contributed by atoms with van der Waals surface area (Å²) in [4.78, 5) is 25.1. The van der Waals surface area contributed by atoms with E-state index in [9.17, 15) is 19.8 Å². The normalized spacial score (nSPS) is 11.1. The van der Waals surface area contributed by atoms with Gasteiger partial charge in [-0.15, -0.1) is 15.3 Å². The fraction of sp³-hybridized carbons (Fsp3) is 0.0625. The first kappa shape index (κ1) is 39.7. The fourth-order valence-electron chi connectivity index (χ4n) is 4.28. The molecule has 12 nitrogen and oxygen atoms in total. The van der Waals surface area contributed by atoms with Crippen LogP contribution in [-0.2, 0) is 17.1 Å². The van der Waals surface area contributed by atoms with E-state index < -0.39 is 11.1 Å². The minimum Gasteiger partial charge on any atom is -0.871 e. The van der Waals surface area contributed by atoms with Crippen LogP contribution in [0.1, 0.15) is 11.4 Å². The van der Waals surface area contributed by atoms with Crippen molar-refractivity contribution in [3.8, 4) is 22.9 Å². The summed E-state index contributed by atoms with van der Waals surface area (Å²) < 4.78 is 2.55. The Kier molecular flexibility index (Phi) is 13.2. The van der Waals surface area contributed by atoms with E-state index in [-0.39, 0.29) is 51.3 Å². The molecule has 0 bridgehead atoms. The summed E-state index contributed by atoms with van der Waals surface area (Å²) in [6.07, 6.45) is 0. The van der Waals surface area contributed by atoms with Gasteiger partial charge in [0.15, 0.2) is 11.4 Å². The maximum Gasteiger partial charge on any atom is 3.00 e. The summed E-state index contributed by atoms with van der Waals surface area (Å²) in [5, 5.41) is 45.0. The smallest absolute Gasteiger partial charge is 0.871 e. The monoisotopic (exact) mass is 847 g/mol. The van der Waals surface area contributed by atoms with Crippen LogP contribution in [-0.4, -0.2) is 24.7 Å². The molecule has 6 rings (SSSR count). The molecule has 0 unspecified atom stereocenters. The van der Waals surface area contributed by atoms with Crippen molar-refractivity contribution in [2.24, 2.45) is 20.5 Å². The zero-order valence-electron chi connectivity index (χ0n) is 25.9. The second-order valence-corrected chi connectivity index (χ2v) is 12.8. The van der Waals surface area contributed by atoms with Crippen LogP contribution in [0.2, 0.25) is 30.1 Å². The van der Waals surface area contributed by atoms with Gasteiger partial charge in [-0.05, 0) is 80.6 Å². The van der Waals surface area contributed by atoms with Crippen molar-refractivity contribution in [2.45, 2.75) is 13.8 Å². The van der Waals surface area contributed by atoms with Crippen molar-refractivity contribution in [3.05, 3.63) is 135 Å². The predicted octanol–water partition coefficient (Wildman–Crippen LogP) is 10.5. The molecule has 19 heteroatoms. The van der Waals surface area contributed by atoms with Gasteiger partial charge < -0.3 is 10.2 Å². The molecular formula is C32H21Cl6FeN8O4+2. The number of benzene rings is 4. The number of halogens is 6. The average Bonchev–Trinajstić information content (AvgIpc) is 3.53. The number of phenolic OH excluding ortho intramolecular Hbond substituents is 1. The summed E-state index contributed by atoms with van der Waals surface area (Å²) in [5.41, 5.74) is 1.52. The first-order chi connectivity index (χ1) is 23.7. The summed E-state index contributed by atoms with van der Waals surface area (Å²) in [5.74, 6) is -0.433. The molecule has 0 saturated carbocycles. The molecule has 2 heterocycles. The number of phenols is 1. The van der Waals surface area contributed by atoms with Gasteiger partial charge in [-0.1, -0.05) is 81.4 Å². The minimum absolute atomic E-state index is 0. The van der Waals surface area contributed by atoms with Crippen LogP contribution in [0.15, 0.2) is 103 Å². The number of hydrogen-bond donors (Lipinski definition) is 3. The largest absolute Gasteiger partial charge is 3.00 e. The summed E-state index contributed by atoms with van der Waals surface area (Å²) in [7, 11) is 0. The molecule has 0 amide bonds. The van der Waals surface area contributed by atoms with E-state index >= 15 is 0 Å². The number of nitrogens with one attached hydrogen (secondary N) is 2. The van der Waals surface area contributed by atoms with E-state index in [1.807, 2.05) is 0 Å². The van der Waals surface area contributed by atoms with Crippen molar-refractivity contribution in [3.63, 3.8) is 0 Å². The van der Waals surface area contributed by atoms with Gasteiger partial charge in [-0.2, -0.15) is 5.11 Å². The van der Waals surface area contributed by atoms with Crippen LogP contribution in [0.5, 0.6) is 11.5 Å². The van der Waals surface area contributed by atoms with Crippen molar-refractivity contribution in [1.82, 2.24) is 19.6 Å². The van der Waals surface area contributed by atoms with E-state index in [0.29, 0.717) is 52.9 Å². The van der Waals surface area contributed by atoms with Crippen molar-refractivity contribution >= 4 is 92.4 Å². The van der Waals surface area contributed by atoms with Gasteiger partial charge in [-0.25, -0.2) is 9.36 Å². The van der Waals surface area contributed by atoms with E-state index in [4.69, 9.17) is 69.6 Å². The van der Waals surface area contributed by atoms with Gasteiger partial charge in [-0.3, -0.25) is 19.8 Å². The summed E-state index contributed by atoms with van der Waals surface area (Å²) in [6, 6.07) is 18.1. The Morgan fingerprint density at radius 3 is 1.49 bits per heavy atom. The van der Waals surface area contributed by atoms with Crippen LogP contribution in [0.3, 0.4) is 0 Å². The maximum absolute atomic E-state index is 12.6. The molecule has 4 aromatic carbocycles. The fourth-order valence-corrected chi connectivity index (χ4v) is 5.19. The third kappa shape index (κ3) is 9.26. The zero-order valence-corrected chi connectivity index (χ0v) is 31.5. The molecule has 0 aliphatic carbocycles. The Balaban J connectivity index is 0.000000224. The Hall–Kier alpha value is -4.04. The SMILES string of the molecule is Cc1[nH]n(-c2ccc(Cl)c(Cl)c2)c(=O)c1N=Nc1cc(Cl)ccc1O.Cc1[nH]n(-c2ccc(Cl)c(Cl)c2)c(=O)c1N=Nc1cc(Cl)ccc1[O-].[Fe+3]. The van der Waals surface area contributed by atoms with E-state index in [0.717, 1.165) is 0 Å². The van der Waals surface area contributed by atoms with E-state index in [2.05, 4.69) is 30.7 Å². The van der Waals surface area contributed by atoms with Crippen LogP contribution >= 0.6 is 69.6 Å². The first-order valence-electron chi connectivity index (χ1n) is 14.1. The number of hydrogen-bond acceptors (Lipinski definition) is 8. The average molecular weight is 850 g/mol. The number of nitrogens with zero attached hydrogens (tertiary/aromatic N) is 6. The number of aromatic nitrogens is 4. The Morgan fingerprint density at radius 2 is 1.02 bits per heavy atom. The van der Waals surface area contributed by atoms with Crippen molar-refractivity contribution < 1.29 is 27.3 Å². The van der Waals surface area contributed by atoms with Gasteiger partial charge in [0.2, 0.25) is 0 Å². The molecule has 6 aromatic rings. The van der Waals surface area contributed by atoms with E-state index in [1.165, 1.54) is 45.8 Å². The molecule has 0 fully saturated rings. The number of aromatic amines is 2. The quantitative estimate of drug-likeness (QED) is 0.112. The molecule has 2 aromatic heterocycles. The Bertz CT molecular complexity index is 2260. The number of rotatable bonds is 6. The number of aryl methyl sites for hydroxylation is 2. The number of H-pyrrole nitrogens is 2. The van der Waals surface area contributed by atoms with E-state index in [1.54, 1.807) is 50.2 Å². The number of azo groups is 2. The van der Waals surface area contributed by atoms with Gasteiger partial charge in [0, 0.05) is 10.0 Å². The van der Waals surface area contributed by atoms with Gasteiger partial charge in [0.05, 0.1) is 48.5 Å². The van der Waals surface area contributed by atoms with Gasteiger partial charge in [0.25, 0.3) is 11.1 Å². The third-order valence-electron chi connectivity index (χ3n) is 6.78. The molecule has 0 atom stereocenters. The van der Waals surface area contributed by atoms with Crippen LogP contribution in [0.25, 0.3) is 11.4 Å². The molecule has 0 aliphatic heterocycles. The van der Waals surface area contributed by atoms with Gasteiger partial charge in [0.1, 0.15) is 11.4 Å². The molecule has 0 spiro atoms. The molecule has 261 valence electrons. The molecule has 51 heavy (non-hydrogen) atoms. The maximum atomic E-state index is 12.6. The first-order valence-corrected chi connectivity index (χ1v) is 16.3. The van der Waals surface area contributed by atoms with Crippen LogP contribution in [0, 0.1) is 13.8 Å². The molecule has 0 aliphatic rings. The van der Waals surface area contributed by atoms with Gasteiger partial charge >= 0.3 is 17.1 Å². The molecule has 3 N–H and O–H groups in total. The molecular weight excluding hydrogens is 829 g/mol. The van der Waals surface area contributed by atoms with Crippen molar-refractivity contribution in [1.29, 1.82) is 0 Å². The topological polar surface area (TPSA) is 168 Å². The van der Waals surface area contributed by atoms with Crippen LogP contribution < -0.4 is 16.2 Å².